The molecule has 0 fully saturated rings. The Hall–Kier alpha value is -2.29. The Bertz CT molecular complexity index is 807. The van der Waals surface area contributed by atoms with Gasteiger partial charge in [0.15, 0.2) is 11.7 Å². The maximum absolute atomic E-state index is 11.6. The lowest BCUT2D eigenvalue weighted by molar-refractivity contribution is -0.138. The largest absolute Gasteiger partial charge is 0.481 e. The maximum atomic E-state index is 11.6. The maximum Gasteiger partial charge on any atom is 0.407 e. The number of alkyl carbamates (subject to hydrolysis) is 1. The molecule has 1 unspecified atom stereocenters. The lowest BCUT2D eigenvalue weighted by atomic mass is 10.1. The Labute approximate surface area is 152 Å². The van der Waals surface area contributed by atoms with Crippen LogP contribution in [0.1, 0.15) is 18.4 Å². The average molecular weight is 389 g/mol. The summed E-state index contributed by atoms with van der Waals surface area (Å²) < 4.78 is 10.1. The molecule has 0 aliphatic rings. The van der Waals surface area contributed by atoms with Crippen LogP contribution < -0.4 is 5.32 Å². The van der Waals surface area contributed by atoms with Gasteiger partial charge in [0, 0.05) is 5.02 Å². The van der Waals surface area contributed by atoms with Crippen molar-refractivity contribution in [3.8, 4) is 0 Å². The van der Waals surface area contributed by atoms with Gasteiger partial charge < -0.3 is 24.7 Å². The van der Waals surface area contributed by atoms with E-state index < -0.39 is 30.6 Å². The Balaban J connectivity index is 2.27. The average Bonchev–Trinajstić information content (AvgIpc) is 2.95. The van der Waals surface area contributed by atoms with Crippen LogP contribution in [0.15, 0.2) is 29.2 Å². The van der Waals surface area contributed by atoms with Crippen LogP contribution in [-0.2, 0) is 9.53 Å². The van der Waals surface area contributed by atoms with Gasteiger partial charge >= 0.3 is 12.1 Å². The van der Waals surface area contributed by atoms with Gasteiger partial charge in [-0.25, -0.2) is 9.78 Å². The first-order valence-corrected chi connectivity index (χ1v) is 7.77. The van der Waals surface area contributed by atoms with Crippen molar-refractivity contribution in [1.29, 1.82) is 0 Å². The van der Waals surface area contributed by atoms with Gasteiger partial charge in [0.2, 0.25) is 5.89 Å². The summed E-state index contributed by atoms with van der Waals surface area (Å²) in [6.45, 7) is 3.31. The summed E-state index contributed by atoms with van der Waals surface area (Å²) in [6, 6.07) is 1.67. The fourth-order valence-electron chi connectivity index (χ4n) is 2.03. The number of nitrogens with zero attached hydrogens (tertiary/aromatic N) is 1. The van der Waals surface area contributed by atoms with Crippen molar-refractivity contribution in [1.82, 2.24) is 10.3 Å². The van der Waals surface area contributed by atoms with Gasteiger partial charge in [0.05, 0.1) is 17.5 Å². The van der Waals surface area contributed by atoms with Crippen LogP contribution in [0.3, 0.4) is 0 Å². The van der Waals surface area contributed by atoms with E-state index in [1.807, 2.05) is 0 Å². The molecule has 0 aliphatic heterocycles. The number of aliphatic hydroxyl groups is 1. The van der Waals surface area contributed by atoms with Crippen molar-refractivity contribution in [3.05, 3.63) is 40.7 Å². The molecule has 1 aromatic heterocycles. The molecular weight excluding hydrogens is 375 g/mol. The highest BCUT2D eigenvalue weighted by atomic mass is 35.5. The molecule has 134 valence electrons. The highest BCUT2D eigenvalue weighted by molar-refractivity contribution is 6.37. The zero-order chi connectivity index (χ0) is 18.6. The molecule has 1 aromatic carbocycles. The number of carbonyl (C=O) groups excluding carboxylic acids is 1. The summed E-state index contributed by atoms with van der Waals surface area (Å²) in [6.07, 6.45) is -1.70. The minimum atomic E-state index is -1.55. The first-order valence-electron chi connectivity index (χ1n) is 7.01. The first kappa shape index (κ1) is 19.0. The second kappa shape index (κ2) is 8.19. The van der Waals surface area contributed by atoms with E-state index in [2.05, 4.69) is 16.9 Å². The summed E-state index contributed by atoms with van der Waals surface area (Å²) >= 11 is 11.9. The van der Waals surface area contributed by atoms with E-state index in [4.69, 9.17) is 37.5 Å². The molecule has 0 spiro atoms. The number of carboxylic acids is 1. The Morgan fingerprint density at radius 3 is 2.80 bits per heavy atom. The van der Waals surface area contributed by atoms with E-state index in [1.54, 1.807) is 0 Å². The van der Waals surface area contributed by atoms with Gasteiger partial charge in [-0.15, -0.1) is 0 Å². The number of amides is 1. The molecule has 8 nitrogen and oxygen atoms in total. The van der Waals surface area contributed by atoms with Gasteiger partial charge in [0.1, 0.15) is 12.1 Å². The number of carbonyl (C=O) groups is 2. The molecule has 10 heteroatoms. The second-order valence-corrected chi connectivity index (χ2v) is 5.81. The standard InChI is InChI=1S/C15H14Cl2N2O6/c1-2-3-24-15(23)19-9(6-11(20)21)12(22)14-18-10-5-7(16)4-8(17)13(10)25-14/h2,4-5,9,12,22H,1,3,6H2,(H,19,23)(H,20,21)/t9-,12?/m0/s1. The summed E-state index contributed by atoms with van der Waals surface area (Å²) in [4.78, 5) is 26.7. The van der Waals surface area contributed by atoms with Crippen molar-refractivity contribution in [2.75, 3.05) is 6.61 Å². The summed E-state index contributed by atoms with van der Waals surface area (Å²) in [7, 11) is 0. The second-order valence-electron chi connectivity index (χ2n) is 4.97. The van der Waals surface area contributed by atoms with E-state index in [0.717, 1.165) is 0 Å². The number of benzene rings is 1. The minimum absolute atomic E-state index is 0.0707. The van der Waals surface area contributed by atoms with Crippen molar-refractivity contribution < 1.29 is 29.0 Å². The van der Waals surface area contributed by atoms with Gasteiger partial charge in [-0.2, -0.15) is 0 Å². The first-order chi connectivity index (χ1) is 11.8. The number of hydrogen-bond donors (Lipinski definition) is 3. The molecule has 0 aliphatic carbocycles. The zero-order valence-corrected chi connectivity index (χ0v) is 14.3. The van der Waals surface area contributed by atoms with Gasteiger partial charge in [-0.05, 0) is 12.1 Å². The van der Waals surface area contributed by atoms with Crippen LogP contribution >= 0.6 is 23.2 Å². The predicted molar refractivity (Wildman–Crippen MR) is 89.7 cm³/mol. The molecule has 1 heterocycles. The number of hydrogen-bond acceptors (Lipinski definition) is 6. The van der Waals surface area contributed by atoms with Crippen LogP contribution in [0.5, 0.6) is 0 Å². The van der Waals surface area contributed by atoms with Crippen molar-refractivity contribution in [2.45, 2.75) is 18.6 Å². The summed E-state index contributed by atoms with van der Waals surface area (Å²) in [5.41, 5.74) is 0.471. The summed E-state index contributed by atoms with van der Waals surface area (Å²) in [5, 5.41) is 22.1. The van der Waals surface area contributed by atoms with Crippen molar-refractivity contribution in [3.63, 3.8) is 0 Å². The number of rotatable bonds is 7. The monoisotopic (exact) mass is 388 g/mol. The van der Waals surface area contributed by atoms with Crippen molar-refractivity contribution >= 4 is 46.4 Å². The molecule has 3 N–H and O–H groups in total. The topological polar surface area (TPSA) is 122 Å². The number of fused-ring (bicyclic) bond motifs is 1. The number of ether oxygens (including phenoxy) is 1. The number of aliphatic hydroxyl groups excluding tert-OH is 1. The molecule has 1 amide bonds. The SMILES string of the molecule is C=CCOC(=O)N[C@@H](CC(=O)O)C(O)c1nc2cc(Cl)cc(Cl)c2o1. The molecule has 0 bridgehead atoms. The van der Waals surface area contributed by atoms with Crippen LogP contribution in [0, 0.1) is 0 Å². The Morgan fingerprint density at radius 2 is 2.16 bits per heavy atom. The number of nitrogens with one attached hydrogen (secondary N) is 1. The number of carboxylic acid groups (broad SMARTS) is 1. The highest BCUT2D eigenvalue weighted by Gasteiger charge is 2.30. The number of aliphatic carboxylic acids is 1. The molecule has 0 saturated heterocycles. The molecule has 0 radical (unpaired) electrons. The molecule has 2 rings (SSSR count). The van der Waals surface area contributed by atoms with E-state index >= 15 is 0 Å². The number of halogens is 2. The van der Waals surface area contributed by atoms with E-state index in [9.17, 15) is 14.7 Å². The molecule has 2 atom stereocenters. The lowest BCUT2D eigenvalue weighted by Crippen LogP contribution is -2.41. The molecule has 0 saturated carbocycles. The fourth-order valence-corrected chi connectivity index (χ4v) is 2.55. The van der Waals surface area contributed by atoms with E-state index in [1.165, 1.54) is 18.2 Å². The van der Waals surface area contributed by atoms with Crippen LogP contribution in [0.2, 0.25) is 10.0 Å². The molecule has 2 aromatic rings. The number of aromatic nitrogens is 1. The normalized spacial score (nSPS) is 13.2. The Kier molecular flexibility index (Phi) is 6.24. The summed E-state index contributed by atoms with van der Waals surface area (Å²) in [5.74, 6) is -1.46. The number of oxazole rings is 1. The predicted octanol–water partition coefficient (Wildman–Crippen LogP) is 2.92. The van der Waals surface area contributed by atoms with Gasteiger partial charge in [-0.3, -0.25) is 4.79 Å². The lowest BCUT2D eigenvalue weighted by Gasteiger charge is -2.20. The smallest absolute Gasteiger partial charge is 0.407 e. The van der Waals surface area contributed by atoms with E-state index in [-0.39, 0.29) is 28.6 Å². The van der Waals surface area contributed by atoms with Crippen LogP contribution in [0.4, 0.5) is 4.79 Å². The van der Waals surface area contributed by atoms with Gasteiger partial charge in [-0.1, -0.05) is 35.9 Å². The third kappa shape index (κ3) is 4.85. The highest BCUT2D eigenvalue weighted by Crippen LogP contribution is 2.31. The van der Waals surface area contributed by atoms with Crippen LogP contribution in [-0.4, -0.2) is 39.9 Å². The minimum Gasteiger partial charge on any atom is -0.481 e. The van der Waals surface area contributed by atoms with Crippen molar-refractivity contribution in [2.24, 2.45) is 0 Å². The zero-order valence-electron chi connectivity index (χ0n) is 12.7. The van der Waals surface area contributed by atoms with E-state index in [0.29, 0.717) is 5.02 Å². The van der Waals surface area contributed by atoms with Gasteiger partial charge in [0.25, 0.3) is 0 Å². The molecular formula is C15H14Cl2N2O6. The Morgan fingerprint density at radius 1 is 1.44 bits per heavy atom. The quantitative estimate of drug-likeness (QED) is 0.623. The third-order valence-corrected chi connectivity index (χ3v) is 3.59. The third-order valence-electron chi connectivity index (χ3n) is 3.09. The van der Waals surface area contributed by atoms with Crippen LogP contribution in [0.25, 0.3) is 11.1 Å². The molecule has 25 heavy (non-hydrogen) atoms. The fraction of sp³-hybridized carbons (Fsp3) is 0.267.